The molecule has 6 nitrogen and oxygen atoms in total. The van der Waals surface area contributed by atoms with E-state index in [1.54, 1.807) is 0 Å². The number of carbonyl (C=O) groups is 1. The van der Waals surface area contributed by atoms with Gasteiger partial charge in [-0.3, -0.25) is 4.79 Å². The van der Waals surface area contributed by atoms with E-state index < -0.39 is 0 Å². The van der Waals surface area contributed by atoms with Crippen molar-refractivity contribution in [3.8, 4) is 11.3 Å². The monoisotopic (exact) mass is 480 g/mol. The van der Waals surface area contributed by atoms with Crippen LogP contribution >= 0.6 is 0 Å². The first-order valence-electron chi connectivity index (χ1n) is 13.1. The largest absolute Gasteiger partial charge is 0.381 e. The maximum atomic E-state index is 13.8. The van der Waals surface area contributed by atoms with Crippen LogP contribution in [-0.2, 0) is 11.2 Å². The van der Waals surface area contributed by atoms with Crippen molar-refractivity contribution >= 4 is 22.9 Å². The summed E-state index contributed by atoms with van der Waals surface area (Å²) in [5.74, 6) is -0.0655. The van der Waals surface area contributed by atoms with Crippen LogP contribution in [0.25, 0.3) is 22.5 Å². The summed E-state index contributed by atoms with van der Waals surface area (Å²) < 4.78 is 5.44. The Morgan fingerprint density at radius 2 is 2.08 bits per heavy atom. The highest BCUT2D eigenvalue weighted by Gasteiger charge is 2.28. The van der Waals surface area contributed by atoms with Crippen LogP contribution in [0.3, 0.4) is 0 Å². The van der Waals surface area contributed by atoms with Crippen LogP contribution in [0.4, 0.5) is 5.69 Å². The van der Waals surface area contributed by atoms with Gasteiger partial charge in [-0.25, -0.2) is 4.98 Å². The minimum Gasteiger partial charge on any atom is -0.381 e. The Morgan fingerprint density at radius 1 is 1.19 bits per heavy atom. The molecule has 1 aliphatic carbocycles. The van der Waals surface area contributed by atoms with Gasteiger partial charge in [-0.2, -0.15) is 0 Å². The zero-order valence-electron chi connectivity index (χ0n) is 20.7. The number of allylic oxidation sites excluding steroid dienone is 1. The Hall–Kier alpha value is -3.64. The molecular weight excluding hydrogens is 448 g/mol. The first-order chi connectivity index (χ1) is 17.7. The van der Waals surface area contributed by atoms with Gasteiger partial charge in [0.2, 0.25) is 0 Å². The van der Waals surface area contributed by atoms with Crippen molar-refractivity contribution in [2.75, 3.05) is 24.7 Å². The number of aromatic nitrogens is 2. The van der Waals surface area contributed by atoms with Crippen LogP contribution in [0, 0.1) is 0 Å². The van der Waals surface area contributed by atoms with E-state index in [-0.39, 0.29) is 5.91 Å². The number of hydrogen-bond acceptors (Lipinski definition) is 4. The number of benzene rings is 1. The normalized spacial score (nSPS) is 17.6. The second kappa shape index (κ2) is 9.78. The number of hydrogen-bond donors (Lipinski definition) is 2. The summed E-state index contributed by atoms with van der Waals surface area (Å²) in [5, 5.41) is 3.68. The van der Waals surface area contributed by atoms with E-state index in [2.05, 4.69) is 41.5 Å². The van der Waals surface area contributed by atoms with Gasteiger partial charge in [-0.15, -0.1) is 0 Å². The second-order valence-electron chi connectivity index (χ2n) is 9.71. The first kappa shape index (κ1) is 22.8. The summed E-state index contributed by atoms with van der Waals surface area (Å²) in [7, 11) is 0. The van der Waals surface area contributed by atoms with E-state index in [4.69, 9.17) is 9.72 Å². The Labute approximate surface area is 212 Å². The fraction of sp³-hybridized carbons (Fsp3) is 0.333. The lowest BCUT2D eigenvalue weighted by Crippen LogP contribution is -2.33. The number of rotatable bonds is 6. The lowest BCUT2D eigenvalue weighted by atomic mass is 10.1. The molecule has 1 saturated carbocycles. The third-order valence-electron chi connectivity index (χ3n) is 7.11. The number of amides is 1. The van der Waals surface area contributed by atoms with Crippen molar-refractivity contribution in [2.45, 2.75) is 45.1 Å². The summed E-state index contributed by atoms with van der Waals surface area (Å²) in [4.78, 5) is 24.1. The number of aromatic amines is 1. The van der Waals surface area contributed by atoms with Gasteiger partial charge in [0, 0.05) is 18.2 Å². The van der Waals surface area contributed by atoms with Gasteiger partial charge < -0.3 is 19.9 Å². The van der Waals surface area contributed by atoms with E-state index >= 15 is 0 Å². The van der Waals surface area contributed by atoms with Crippen LogP contribution in [0.15, 0.2) is 60.7 Å². The zero-order chi connectivity index (χ0) is 24.5. The number of nitrogens with one attached hydrogen (secondary N) is 2. The number of pyridine rings is 1. The molecule has 0 saturated heterocycles. The fourth-order valence-electron chi connectivity index (χ4n) is 5.09. The molecule has 0 atom stereocenters. The van der Waals surface area contributed by atoms with Gasteiger partial charge in [0.1, 0.15) is 5.69 Å². The summed E-state index contributed by atoms with van der Waals surface area (Å²) in [6, 6.07) is 16.8. The molecule has 6 heteroatoms. The molecule has 0 radical (unpaired) electrons. The summed E-state index contributed by atoms with van der Waals surface area (Å²) in [6.45, 7) is 4.06. The topological polar surface area (TPSA) is 70.2 Å². The molecule has 2 aromatic heterocycles. The van der Waals surface area contributed by atoms with Gasteiger partial charge in [0.15, 0.2) is 0 Å². The van der Waals surface area contributed by atoms with E-state index in [1.165, 1.54) is 24.1 Å². The average molecular weight is 481 g/mol. The van der Waals surface area contributed by atoms with Crippen LogP contribution in [-0.4, -0.2) is 41.7 Å². The molecule has 3 aliphatic rings. The molecule has 1 aromatic carbocycles. The van der Waals surface area contributed by atoms with Gasteiger partial charge in [-0.1, -0.05) is 43.3 Å². The number of para-hydroxylation sites is 1. The van der Waals surface area contributed by atoms with Crippen LogP contribution in [0.5, 0.6) is 0 Å². The Balaban J connectivity index is 1.33. The number of ether oxygens (including phenoxy) is 1. The van der Waals surface area contributed by atoms with E-state index in [1.807, 2.05) is 41.3 Å². The highest BCUT2D eigenvalue weighted by atomic mass is 16.5. The predicted octanol–water partition coefficient (Wildman–Crippen LogP) is 5.59. The fourth-order valence-corrected chi connectivity index (χ4v) is 5.09. The summed E-state index contributed by atoms with van der Waals surface area (Å²) in [5.41, 5.74) is 9.10. The summed E-state index contributed by atoms with van der Waals surface area (Å²) >= 11 is 0. The molecule has 0 unspecified atom stereocenters. The molecule has 0 spiro atoms. The Kier molecular flexibility index (Phi) is 6.20. The Morgan fingerprint density at radius 3 is 2.89 bits per heavy atom. The van der Waals surface area contributed by atoms with Crippen molar-refractivity contribution in [3.63, 3.8) is 0 Å². The molecule has 2 N–H and O–H groups in total. The molecule has 2 aliphatic heterocycles. The third-order valence-corrected chi connectivity index (χ3v) is 7.11. The van der Waals surface area contributed by atoms with Crippen molar-refractivity contribution in [2.24, 2.45) is 0 Å². The van der Waals surface area contributed by atoms with Crippen LogP contribution in [0.2, 0.25) is 0 Å². The van der Waals surface area contributed by atoms with Crippen molar-refractivity contribution < 1.29 is 9.53 Å². The maximum Gasteiger partial charge on any atom is 0.276 e. The van der Waals surface area contributed by atoms with Gasteiger partial charge in [0.05, 0.1) is 41.7 Å². The van der Waals surface area contributed by atoms with Crippen LogP contribution < -0.4 is 10.2 Å². The number of anilines is 1. The number of fused-ring (bicyclic) bond motifs is 3. The third kappa shape index (κ3) is 4.49. The quantitative estimate of drug-likeness (QED) is 0.483. The molecule has 0 bridgehead atoms. The van der Waals surface area contributed by atoms with E-state index in [9.17, 15) is 4.79 Å². The lowest BCUT2D eigenvalue weighted by Gasteiger charge is -2.23. The van der Waals surface area contributed by atoms with Gasteiger partial charge >= 0.3 is 0 Å². The molecule has 6 rings (SSSR count). The molecule has 1 fully saturated rings. The van der Waals surface area contributed by atoms with Crippen molar-refractivity contribution in [3.05, 3.63) is 83.3 Å². The second-order valence-corrected chi connectivity index (χ2v) is 9.71. The molecule has 3 aromatic rings. The zero-order valence-corrected chi connectivity index (χ0v) is 20.7. The molecule has 4 heterocycles. The highest BCUT2D eigenvalue weighted by Crippen LogP contribution is 2.38. The average Bonchev–Trinajstić information content (AvgIpc) is 3.68. The summed E-state index contributed by atoms with van der Waals surface area (Å²) in [6.07, 6.45) is 9.37. The standard InChI is InChI=1S/C30H32N4O2/c1-2-6-25(31-22-11-12-22)27-19-21-13-16-34(28-10-4-3-7-23(28)29(21)33-27)30(35)26-9-5-8-24(32-26)20-14-17-36-18-15-20/h3-10,14,19,22,31,33H,2,11-13,15-18H2,1H3/b25-6-. The number of carbonyl (C=O) groups excluding carboxylic acids is 1. The first-order valence-corrected chi connectivity index (χ1v) is 13.1. The smallest absolute Gasteiger partial charge is 0.276 e. The minimum atomic E-state index is -0.0655. The van der Waals surface area contributed by atoms with Crippen molar-refractivity contribution in [1.82, 2.24) is 15.3 Å². The molecule has 36 heavy (non-hydrogen) atoms. The number of H-pyrrole nitrogens is 1. The Bertz CT molecular complexity index is 1350. The van der Waals surface area contributed by atoms with Gasteiger partial charge in [0.25, 0.3) is 5.91 Å². The SMILES string of the molecule is CC/C=C(\NC1CC1)c1cc2c([nH]1)-c1ccccc1N(C(=O)c1cccc(C3=CCOCC3)n1)CC2. The van der Waals surface area contributed by atoms with E-state index in [0.717, 1.165) is 53.2 Å². The molecule has 1 amide bonds. The predicted molar refractivity (Wildman–Crippen MR) is 144 cm³/mol. The van der Waals surface area contributed by atoms with Crippen molar-refractivity contribution in [1.29, 1.82) is 0 Å². The molecular formula is C30H32N4O2. The van der Waals surface area contributed by atoms with Gasteiger partial charge in [-0.05, 0) is 67.5 Å². The minimum absolute atomic E-state index is 0.0655. The highest BCUT2D eigenvalue weighted by molar-refractivity contribution is 6.07. The number of nitrogens with zero attached hydrogens (tertiary/aromatic N) is 2. The van der Waals surface area contributed by atoms with E-state index in [0.29, 0.717) is 31.5 Å². The lowest BCUT2D eigenvalue weighted by molar-refractivity contribution is 0.0982. The van der Waals surface area contributed by atoms with Crippen LogP contribution in [0.1, 0.15) is 60.0 Å². The molecule has 184 valence electrons. The maximum absolute atomic E-state index is 13.8.